The molecular weight excluding hydrogens is 180 g/mol. The Kier molecular flexibility index (Phi) is 9.24. The molecule has 0 fully saturated rings. The summed E-state index contributed by atoms with van der Waals surface area (Å²) in [6.45, 7) is 11.6. The minimum atomic E-state index is 0.828. The summed E-state index contributed by atoms with van der Waals surface area (Å²) in [5.74, 6) is 3.46. The second kappa shape index (κ2) is 9.24. The lowest BCUT2D eigenvalue weighted by Gasteiger charge is -2.23. The molecule has 0 aromatic rings. The zero-order valence-electron chi connectivity index (χ0n) is 11.6. The summed E-state index contributed by atoms with van der Waals surface area (Å²) in [4.78, 5) is 0. The summed E-state index contributed by atoms with van der Waals surface area (Å²) < 4.78 is 0. The summed E-state index contributed by atoms with van der Waals surface area (Å²) in [6.07, 6.45) is 9.72. The Morgan fingerprint density at radius 2 is 1.67 bits per heavy atom. The van der Waals surface area contributed by atoms with Crippen LogP contribution in [-0.2, 0) is 0 Å². The predicted molar refractivity (Wildman–Crippen MR) is 70.9 cm³/mol. The van der Waals surface area contributed by atoms with Crippen LogP contribution in [-0.4, -0.2) is 0 Å². The van der Waals surface area contributed by atoms with Gasteiger partial charge in [-0.05, 0) is 30.6 Å². The van der Waals surface area contributed by atoms with Crippen molar-refractivity contribution in [2.24, 2.45) is 11.8 Å². The summed E-state index contributed by atoms with van der Waals surface area (Å²) in [6, 6.07) is 0. The SMILES string of the molecule is CCCCCCC(CC)[C](C)CC(C)C. The molecule has 0 N–H and O–H groups in total. The van der Waals surface area contributed by atoms with E-state index in [0.29, 0.717) is 0 Å². The van der Waals surface area contributed by atoms with Gasteiger partial charge in [0.05, 0.1) is 0 Å². The van der Waals surface area contributed by atoms with E-state index >= 15 is 0 Å². The van der Waals surface area contributed by atoms with Gasteiger partial charge in [0.25, 0.3) is 0 Å². The molecule has 0 aliphatic carbocycles. The first-order chi connectivity index (χ1) is 7.11. The van der Waals surface area contributed by atoms with Gasteiger partial charge in [-0.25, -0.2) is 0 Å². The van der Waals surface area contributed by atoms with Gasteiger partial charge in [-0.3, -0.25) is 0 Å². The average molecular weight is 211 g/mol. The van der Waals surface area contributed by atoms with Gasteiger partial charge in [0.1, 0.15) is 0 Å². The van der Waals surface area contributed by atoms with E-state index in [1.807, 2.05) is 0 Å². The second-order valence-electron chi connectivity index (χ2n) is 5.40. The molecule has 0 aliphatic heterocycles. The fourth-order valence-electron chi connectivity index (χ4n) is 2.43. The lowest BCUT2D eigenvalue weighted by molar-refractivity contribution is 0.412. The van der Waals surface area contributed by atoms with Crippen molar-refractivity contribution in [3.05, 3.63) is 5.92 Å². The molecule has 15 heavy (non-hydrogen) atoms. The van der Waals surface area contributed by atoms with Crippen LogP contribution in [0.4, 0.5) is 0 Å². The fourth-order valence-corrected chi connectivity index (χ4v) is 2.43. The Morgan fingerprint density at radius 3 is 2.13 bits per heavy atom. The van der Waals surface area contributed by atoms with Crippen LogP contribution in [0.5, 0.6) is 0 Å². The Balaban J connectivity index is 3.70. The van der Waals surface area contributed by atoms with Crippen molar-refractivity contribution in [2.45, 2.75) is 79.6 Å². The zero-order chi connectivity index (χ0) is 11.7. The smallest absolute Gasteiger partial charge is 0.0239 e. The molecule has 0 saturated carbocycles. The van der Waals surface area contributed by atoms with Crippen LogP contribution in [0.15, 0.2) is 0 Å². The second-order valence-corrected chi connectivity index (χ2v) is 5.40. The molecule has 0 amide bonds. The normalized spacial score (nSPS) is 13.8. The first-order valence-corrected chi connectivity index (χ1v) is 6.94. The molecule has 1 radical (unpaired) electrons. The van der Waals surface area contributed by atoms with Gasteiger partial charge in [-0.2, -0.15) is 0 Å². The average Bonchev–Trinajstić information content (AvgIpc) is 2.16. The number of hydrogen-bond donors (Lipinski definition) is 0. The predicted octanol–water partition coefficient (Wildman–Crippen LogP) is 5.62. The molecule has 0 saturated heterocycles. The topological polar surface area (TPSA) is 0 Å². The Hall–Kier alpha value is 0. The van der Waals surface area contributed by atoms with Crippen LogP contribution in [0.25, 0.3) is 0 Å². The maximum absolute atomic E-state index is 2.37. The summed E-state index contributed by atoms with van der Waals surface area (Å²) in [5, 5.41) is 0. The number of hydrogen-bond acceptors (Lipinski definition) is 0. The Labute approximate surface area is 97.8 Å². The van der Waals surface area contributed by atoms with Gasteiger partial charge >= 0.3 is 0 Å². The molecule has 0 aliphatic rings. The van der Waals surface area contributed by atoms with E-state index < -0.39 is 0 Å². The minimum Gasteiger partial charge on any atom is -0.0654 e. The van der Waals surface area contributed by atoms with Crippen molar-refractivity contribution < 1.29 is 0 Å². The molecular formula is C15H31. The lowest BCUT2D eigenvalue weighted by Crippen LogP contribution is -2.11. The molecule has 0 bridgehead atoms. The highest BCUT2D eigenvalue weighted by molar-refractivity contribution is 4.91. The van der Waals surface area contributed by atoms with Gasteiger partial charge in [0.2, 0.25) is 0 Å². The van der Waals surface area contributed by atoms with Crippen molar-refractivity contribution in [3.63, 3.8) is 0 Å². The van der Waals surface area contributed by atoms with E-state index in [4.69, 9.17) is 0 Å². The highest BCUT2D eigenvalue weighted by Gasteiger charge is 2.16. The van der Waals surface area contributed by atoms with Crippen molar-refractivity contribution in [3.8, 4) is 0 Å². The summed E-state index contributed by atoms with van der Waals surface area (Å²) in [5.41, 5.74) is 0. The fraction of sp³-hybridized carbons (Fsp3) is 0.933. The lowest BCUT2D eigenvalue weighted by atomic mass is 9.82. The van der Waals surface area contributed by atoms with Crippen molar-refractivity contribution in [2.75, 3.05) is 0 Å². The van der Waals surface area contributed by atoms with Crippen LogP contribution in [0.2, 0.25) is 0 Å². The highest BCUT2D eigenvalue weighted by Crippen LogP contribution is 2.29. The molecule has 1 atom stereocenters. The molecule has 0 aromatic heterocycles. The van der Waals surface area contributed by atoms with Gasteiger partial charge in [0, 0.05) is 0 Å². The van der Waals surface area contributed by atoms with Crippen LogP contribution in [0, 0.1) is 17.8 Å². The quantitative estimate of drug-likeness (QED) is 0.434. The first kappa shape index (κ1) is 15.0. The van der Waals surface area contributed by atoms with E-state index in [1.54, 1.807) is 5.92 Å². The Morgan fingerprint density at radius 1 is 1.00 bits per heavy atom. The van der Waals surface area contributed by atoms with E-state index in [-0.39, 0.29) is 0 Å². The molecule has 0 rings (SSSR count). The molecule has 0 nitrogen and oxygen atoms in total. The largest absolute Gasteiger partial charge is 0.0654 e. The van der Waals surface area contributed by atoms with Crippen molar-refractivity contribution in [1.29, 1.82) is 0 Å². The van der Waals surface area contributed by atoms with E-state index in [2.05, 4.69) is 34.6 Å². The van der Waals surface area contributed by atoms with Crippen LogP contribution in [0.1, 0.15) is 79.6 Å². The van der Waals surface area contributed by atoms with Gasteiger partial charge < -0.3 is 0 Å². The minimum absolute atomic E-state index is 0.828. The third-order valence-corrected chi connectivity index (χ3v) is 3.33. The van der Waals surface area contributed by atoms with E-state index in [9.17, 15) is 0 Å². The maximum Gasteiger partial charge on any atom is -0.0239 e. The molecule has 0 heterocycles. The third-order valence-electron chi connectivity index (χ3n) is 3.33. The molecule has 0 spiro atoms. The van der Waals surface area contributed by atoms with Gasteiger partial charge in [0.15, 0.2) is 0 Å². The van der Waals surface area contributed by atoms with Crippen LogP contribution >= 0.6 is 0 Å². The number of rotatable bonds is 9. The number of unbranched alkanes of at least 4 members (excludes halogenated alkanes) is 3. The van der Waals surface area contributed by atoms with Crippen molar-refractivity contribution in [1.82, 2.24) is 0 Å². The van der Waals surface area contributed by atoms with Crippen LogP contribution < -0.4 is 0 Å². The van der Waals surface area contributed by atoms with E-state index in [0.717, 1.165) is 11.8 Å². The summed E-state index contributed by atoms with van der Waals surface area (Å²) in [7, 11) is 0. The molecule has 1 unspecified atom stereocenters. The monoisotopic (exact) mass is 211 g/mol. The zero-order valence-corrected chi connectivity index (χ0v) is 11.6. The molecule has 0 heteroatoms. The third kappa shape index (κ3) is 7.88. The molecule has 0 aromatic carbocycles. The van der Waals surface area contributed by atoms with Gasteiger partial charge in [-0.15, -0.1) is 0 Å². The highest BCUT2D eigenvalue weighted by atomic mass is 14.2. The van der Waals surface area contributed by atoms with Gasteiger partial charge in [-0.1, -0.05) is 66.7 Å². The maximum atomic E-state index is 2.37. The molecule has 91 valence electrons. The summed E-state index contributed by atoms with van der Waals surface area (Å²) >= 11 is 0. The Bertz CT molecular complexity index is 126. The standard InChI is InChI=1S/C15H31/c1-6-8-9-10-11-15(7-2)14(5)12-13(3)4/h13,15H,6-12H2,1-5H3. The van der Waals surface area contributed by atoms with Crippen LogP contribution in [0.3, 0.4) is 0 Å². The van der Waals surface area contributed by atoms with E-state index in [1.165, 1.54) is 44.9 Å². The van der Waals surface area contributed by atoms with Crippen molar-refractivity contribution >= 4 is 0 Å². The first-order valence-electron chi connectivity index (χ1n) is 6.94.